The molecule has 26 heavy (non-hydrogen) atoms. The molecular weight excluding hydrogens is 358 g/mol. The minimum Gasteiger partial charge on any atom is -0.497 e. The largest absolute Gasteiger partial charge is 0.497 e. The molecule has 1 heterocycles. The highest BCUT2D eigenvalue weighted by Crippen LogP contribution is 2.24. The summed E-state index contributed by atoms with van der Waals surface area (Å²) in [5, 5.41) is 2.70. The van der Waals surface area contributed by atoms with Crippen molar-refractivity contribution in [3.8, 4) is 5.75 Å². The maximum atomic E-state index is 14.4. The molecule has 3 rings (SSSR count). The van der Waals surface area contributed by atoms with Crippen LogP contribution in [0.4, 0.5) is 14.5 Å². The van der Waals surface area contributed by atoms with E-state index in [2.05, 4.69) is 4.98 Å². The van der Waals surface area contributed by atoms with Gasteiger partial charge in [-0.25, -0.2) is 13.8 Å². The fraction of sp³-hybridized carbons (Fsp3) is 0.158. The third-order valence-electron chi connectivity index (χ3n) is 3.78. The van der Waals surface area contributed by atoms with Gasteiger partial charge in [0.2, 0.25) is 0 Å². The van der Waals surface area contributed by atoms with E-state index in [-0.39, 0.29) is 12.1 Å². The van der Waals surface area contributed by atoms with Crippen LogP contribution in [0.3, 0.4) is 0 Å². The SMILES string of the molecule is COc1ccc(C(=O)N(Cc2csc(C)n2)c2ccc(F)cc2)c(F)c1. The lowest BCUT2D eigenvalue weighted by molar-refractivity contribution is 0.0981. The first-order valence-corrected chi connectivity index (χ1v) is 8.68. The highest BCUT2D eigenvalue weighted by Gasteiger charge is 2.22. The predicted octanol–water partition coefficient (Wildman–Crippen LogP) is 4.59. The van der Waals surface area contributed by atoms with Crippen molar-refractivity contribution in [1.82, 2.24) is 4.98 Å². The molecule has 4 nitrogen and oxygen atoms in total. The number of rotatable bonds is 5. The van der Waals surface area contributed by atoms with E-state index in [0.29, 0.717) is 17.1 Å². The highest BCUT2D eigenvalue weighted by molar-refractivity contribution is 7.09. The van der Waals surface area contributed by atoms with Gasteiger partial charge in [0.05, 0.1) is 29.9 Å². The van der Waals surface area contributed by atoms with Crippen LogP contribution in [0.2, 0.25) is 0 Å². The summed E-state index contributed by atoms with van der Waals surface area (Å²) >= 11 is 1.46. The average molecular weight is 374 g/mol. The van der Waals surface area contributed by atoms with Crippen molar-refractivity contribution in [2.45, 2.75) is 13.5 Å². The van der Waals surface area contributed by atoms with E-state index < -0.39 is 17.5 Å². The van der Waals surface area contributed by atoms with Crippen LogP contribution in [-0.4, -0.2) is 18.0 Å². The third-order valence-corrected chi connectivity index (χ3v) is 4.60. The summed E-state index contributed by atoms with van der Waals surface area (Å²) in [6.07, 6.45) is 0. The number of amides is 1. The van der Waals surface area contributed by atoms with E-state index in [1.807, 2.05) is 12.3 Å². The maximum absolute atomic E-state index is 14.4. The summed E-state index contributed by atoms with van der Waals surface area (Å²) < 4.78 is 32.6. The van der Waals surface area contributed by atoms with E-state index >= 15 is 0 Å². The maximum Gasteiger partial charge on any atom is 0.261 e. The minimum atomic E-state index is -0.684. The Bertz CT molecular complexity index is 926. The molecule has 2 aromatic carbocycles. The van der Waals surface area contributed by atoms with Crippen LogP contribution >= 0.6 is 11.3 Å². The predicted molar refractivity (Wildman–Crippen MR) is 96.7 cm³/mol. The Labute approximate surface area is 153 Å². The molecular formula is C19H16F2N2O2S. The van der Waals surface area contributed by atoms with Gasteiger partial charge >= 0.3 is 0 Å². The summed E-state index contributed by atoms with van der Waals surface area (Å²) in [5.41, 5.74) is 1.04. The van der Waals surface area contributed by atoms with Gasteiger partial charge in [-0.3, -0.25) is 4.79 Å². The molecule has 0 spiro atoms. The minimum absolute atomic E-state index is 0.0953. The van der Waals surface area contributed by atoms with Crippen molar-refractivity contribution in [3.63, 3.8) is 0 Å². The van der Waals surface area contributed by atoms with E-state index in [0.717, 1.165) is 11.1 Å². The molecule has 0 unspecified atom stereocenters. The van der Waals surface area contributed by atoms with Gasteiger partial charge in [-0.2, -0.15) is 0 Å². The molecule has 0 saturated carbocycles. The fourth-order valence-corrected chi connectivity index (χ4v) is 3.09. The monoisotopic (exact) mass is 374 g/mol. The summed E-state index contributed by atoms with van der Waals surface area (Å²) in [6.45, 7) is 2.02. The Morgan fingerprint density at radius 3 is 2.50 bits per heavy atom. The lowest BCUT2D eigenvalue weighted by Crippen LogP contribution is -2.31. The topological polar surface area (TPSA) is 42.4 Å². The summed E-state index contributed by atoms with van der Waals surface area (Å²) in [5.74, 6) is -1.32. The number of hydrogen-bond donors (Lipinski definition) is 0. The van der Waals surface area contributed by atoms with Crippen LogP contribution in [0.25, 0.3) is 0 Å². The van der Waals surface area contributed by atoms with E-state index in [1.54, 1.807) is 0 Å². The average Bonchev–Trinajstić information content (AvgIpc) is 3.05. The zero-order chi connectivity index (χ0) is 18.7. The third kappa shape index (κ3) is 3.88. The smallest absolute Gasteiger partial charge is 0.261 e. The van der Waals surface area contributed by atoms with Crippen LogP contribution < -0.4 is 9.64 Å². The number of methoxy groups -OCH3 is 1. The molecule has 0 N–H and O–H groups in total. The van der Waals surface area contributed by atoms with Crippen molar-refractivity contribution in [2.75, 3.05) is 12.0 Å². The van der Waals surface area contributed by atoms with Gasteiger partial charge in [0.1, 0.15) is 17.4 Å². The molecule has 0 radical (unpaired) electrons. The van der Waals surface area contributed by atoms with E-state index in [4.69, 9.17) is 4.74 Å². The Morgan fingerprint density at radius 2 is 1.92 bits per heavy atom. The molecule has 134 valence electrons. The number of aryl methyl sites for hydroxylation is 1. The molecule has 7 heteroatoms. The molecule has 0 atom stereocenters. The van der Waals surface area contributed by atoms with Crippen molar-refractivity contribution >= 4 is 22.9 Å². The molecule has 0 saturated heterocycles. The Morgan fingerprint density at radius 1 is 1.19 bits per heavy atom. The number of carbonyl (C=O) groups is 1. The molecule has 1 aromatic heterocycles. The molecule has 0 aliphatic carbocycles. The number of carbonyl (C=O) groups excluding carboxylic acids is 1. The lowest BCUT2D eigenvalue weighted by atomic mass is 10.1. The Hall–Kier alpha value is -2.80. The standard InChI is InChI=1S/C19H16F2N2O2S/c1-12-22-14(11-26-12)10-23(15-5-3-13(20)4-6-15)19(24)17-8-7-16(25-2)9-18(17)21/h3-9,11H,10H2,1-2H3. The first kappa shape index (κ1) is 18.0. The van der Waals surface area contributed by atoms with Gasteiger partial charge in [-0.1, -0.05) is 0 Å². The second-order valence-electron chi connectivity index (χ2n) is 5.57. The molecule has 0 aliphatic rings. The molecule has 0 fully saturated rings. The van der Waals surface area contributed by atoms with Crippen molar-refractivity contribution in [1.29, 1.82) is 0 Å². The fourth-order valence-electron chi connectivity index (χ4n) is 2.49. The first-order chi connectivity index (χ1) is 12.5. The zero-order valence-corrected chi connectivity index (χ0v) is 15.0. The van der Waals surface area contributed by atoms with Gasteiger partial charge in [0, 0.05) is 17.1 Å². The molecule has 0 bridgehead atoms. The second kappa shape index (κ2) is 7.61. The Kier molecular flexibility index (Phi) is 5.27. The highest BCUT2D eigenvalue weighted by atomic mass is 32.1. The van der Waals surface area contributed by atoms with Crippen LogP contribution in [0.15, 0.2) is 47.8 Å². The van der Waals surface area contributed by atoms with E-state index in [1.165, 1.54) is 59.7 Å². The van der Waals surface area contributed by atoms with Gasteiger partial charge in [0.15, 0.2) is 0 Å². The second-order valence-corrected chi connectivity index (χ2v) is 6.63. The first-order valence-electron chi connectivity index (χ1n) is 7.80. The van der Waals surface area contributed by atoms with Crippen LogP contribution in [-0.2, 0) is 6.54 Å². The Balaban J connectivity index is 1.98. The van der Waals surface area contributed by atoms with E-state index in [9.17, 15) is 13.6 Å². The van der Waals surface area contributed by atoms with Crippen molar-refractivity contribution in [2.24, 2.45) is 0 Å². The summed E-state index contributed by atoms with van der Waals surface area (Å²) in [4.78, 5) is 18.7. The number of benzene rings is 2. The quantitative estimate of drug-likeness (QED) is 0.656. The van der Waals surface area contributed by atoms with Crippen LogP contribution in [0.5, 0.6) is 5.75 Å². The zero-order valence-electron chi connectivity index (χ0n) is 14.2. The number of anilines is 1. The van der Waals surface area contributed by atoms with Gasteiger partial charge in [-0.15, -0.1) is 11.3 Å². The summed E-state index contributed by atoms with van der Waals surface area (Å²) in [6, 6.07) is 9.52. The molecule has 0 aliphatic heterocycles. The lowest BCUT2D eigenvalue weighted by Gasteiger charge is -2.22. The number of ether oxygens (including phenoxy) is 1. The normalized spacial score (nSPS) is 10.6. The number of thiazole rings is 1. The van der Waals surface area contributed by atoms with Crippen molar-refractivity contribution < 1.29 is 18.3 Å². The molecule has 1 amide bonds. The number of halogens is 2. The number of aromatic nitrogens is 1. The van der Waals surface area contributed by atoms with Gasteiger partial charge in [0.25, 0.3) is 5.91 Å². The van der Waals surface area contributed by atoms with Crippen LogP contribution in [0.1, 0.15) is 21.1 Å². The van der Waals surface area contributed by atoms with Crippen LogP contribution in [0, 0.1) is 18.6 Å². The molecule has 3 aromatic rings. The number of nitrogens with zero attached hydrogens (tertiary/aromatic N) is 2. The van der Waals surface area contributed by atoms with Crippen molar-refractivity contribution in [3.05, 3.63) is 75.7 Å². The van der Waals surface area contributed by atoms with Gasteiger partial charge < -0.3 is 9.64 Å². The van der Waals surface area contributed by atoms with Gasteiger partial charge in [-0.05, 0) is 43.3 Å². The number of hydrogen-bond acceptors (Lipinski definition) is 4. The summed E-state index contributed by atoms with van der Waals surface area (Å²) in [7, 11) is 1.42.